The van der Waals surface area contributed by atoms with Crippen molar-refractivity contribution in [3.8, 4) is 0 Å². The summed E-state index contributed by atoms with van der Waals surface area (Å²) in [4.78, 5) is 4.55. The minimum absolute atomic E-state index is 0.409. The SMILES string of the molecule is CC1CCSC(Nc2ccc(I)cc2Cl)=N1. The summed E-state index contributed by atoms with van der Waals surface area (Å²) in [5.74, 6) is 1.12. The van der Waals surface area contributed by atoms with Crippen molar-refractivity contribution in [2.45, 2.75) is 19.4 Å². The molecule has 1 aromatic carbocycles. The van der Waals surface area contributed by atoms with E-state index < -0.39 is 0 Å². The molecule has 5 heteroatoms. The van der Waals surface area contributed by atoms with E-state index in [2.05, 4.69) is 39.8 Å². The second-order valence-electron chi connectivity index (χ2n) is 3.67. The van der Waals surface area contributed by atoms with Crippen LogP contribution in [0.3, 0.4) is 0 Å². The number of aliphatic imine (C=N–C) groups is 1. The molecule has 1 aliphatic rings. The van der Waals surface area contributed by atoms with Gasteiger partial charge >= 0.3 is 0 Å². The zero-order valence-electron chi connectivity index (χ0n) is 8.84. The van der Waals surface area contributed by atoms with Crippen LogP contribution in [0.25, 0.3) is 0 Å². The number of nitrogens with one attached hydrogen (secondary N) is 1. The Bertz CT molecular complexity index is 422. The van der Waals surface area contributed by atoms with Gasteiger partial charge in [-0.1, -0.05) is 23.4 Å². The molecule has 0 bridgehead atoms. The summed E-state index contributed by atoms with van der Waals surface area (Å²) < 4.78 is 1.14. The molecule has 0 amide bonds. The third kappa shape index (κ3) is 3.28. The van der Waals surface area contributed by atoms with Gasteiger partial charge in [0.25, 0.3) is 0 Å². The van der Waals surface area contributed by atoms with E-state index in [1.54, 1.807) is 11.8 Å². The Hall–Kier alpha value is 0.0600. The van der Waals surface area contributed by atoms with Crippen molar-refractivity contribution in [1.82, 2.24) is 0 Å². The third-order valence-electron chi connectivity index (χ3n) is 2.28. The first kappa shape index (κ1) is 12.5. The van der Waals surface area contributed by atoms with Crippen LogP contribution in [-0.2, 0) is 0 Å². The molecular formula is C11H12ClIN2S. The third-order valence-corrected chi connectivity index (χ3v) is 4.19. The lowest BCUT2D eigenvalue weighted by Gasteiger charge is -2.18. The Balaban J connectivity index is 2.14. The minimum Gasteiger partial charge on any atom is -0.334 e. The minimum atomic E-state index is 0.409. The van der Waals surface area contributed by atoms with Crippen molar-refractivity contribution in [3.63, 3.8) is 0 Å². The number of rotatable bonds is 1. The quantitative estimate of drug-likeness (QED) is 0.752. The second kappa shape index (κ2) is 5.60. The molecule has 0 fully saturated rings. The smallest absolute Gasteiger partial charge is 0.161 e. The van der Waals surface area contributed by atoms with Gasteiger partial charge in [0.1, 0.15) is 0 Å². The van der Waals surface area contributed by atoms with Gasteiger partial charge in [-0.2, -0.15) is 0 Å². The maximum atomic E-state index is 6.15. The Labute approximate surface area is 118 Å². The molecule has 86 valence electrons. The van der Waals surface area contributed by atoms with Crippen LogP contribution in [0.2, 0.25) is 5.02 Å². The summed E-state index contributed by atoms with van der Waals surface area (Å²) in [5, 5.41) is 5.00. The van der Waals surface area contributed by atoms with Crippen LogP contribution in [-0.4, -0.2) is 17.0 Å². The van der Waals surface area contributed by atoms with E-state index in [4.69, 9.17) is 11.6 Å². The zero-order valence-corrected chi connectivity index (χ0v) is 12.6. The Kier molecular flexibility index (Phi) is 4.38. The number of thioether (sulfide) groups is 1. The summed E-state index contributed by atoms with van der Waals surface area (Å²) in [5.41, 5.74) is 0.933. The fourth-order valence-electron chi connectivity index (χ4n) is 1.40. The van der Waals surface area contributed by atoms with Crippen molar-refractivity contribution in [3.05, 3.63) is 26.8 Å². The summed E-state index contributed by atoms with van der Waals surface area (Å²) in [6, 6.07) is 6.38. The number of anilines is 1. The van der Waals surface area contributed by atoms with E-state index in [-0.39, 0.29) is 0 Å². The molecule has 1 unspecified atom stereocenters. The molecule has 0 saturated carbocycles. The fraction of sp³-hybridized carbons (Fsp3) is 0.364. The van der Waals surface area contributed by atoms with E-state index in [9.17, 15) is 0 Å². The van der Waals surface area contributed by atoms with E-state index in [0.717, 1.165) is 31.6 Å². The number of nitrogens with zero attached hydrogens (tertiary/aromatic N) is 1. The van der Waals surface area contributed by atoms with Crippen LogP contribution in [0, 0.1) is 3.57 Å². The van der Waals surface area contributed by atoms with Gasteiger partial charge in [0.2, 0.25) is 0 Å². The average Bonchev–Trinajstić information content (AvgIpc) is 2.22. The van der Waals surface area contributed by atoms with E-state index in [1.807, 2.05) is 18.2 Å². The molecular weight excluding hydrogens is 355 g/mol. The summed E-state index contributed by atoms with van der Waals surface area (Å²) in [6.07, 6.45) is 1.15. The van der Waals surface area contributed by atoms with Crippen LogP contribution >= 0.6 is 46.0 Å². The van der Waals surface area contributed by atoms with Crippen molar-refractivity contribution in [2.75, 3.05) is 11.1 Å². The highest BCUT2D eigenvalue weighted by Crippen LogP contribution is 2.26. The predicted octanol–water partition coefficient (Wildman–Crippen LogP) is 4.24. The lowest BCUT2D eigenvalue weighted by molar-refractivity contribution is 0.720. The maximum Gasteiger partial charge on any atom is 0.161 e. The first-order valence-electron chi connectivity index (χ1n) is 5.08. The molecule has 1 N–H and O–H groups in total. The topological polar surface area (TPSA) is 24.4 Å². The van der Waals surface area contributed by atoms with Gasteiger partial charge in [0.15, 0.2) is 5.17 Å². The largest absolute Gasteiger partial charge is 0.334 e. The van der Waals surface area contributed by atoms with Gasteiger partial charge in [0.05, 0.1) is 16.8 Å². The van der Waals surface area contributed by atoms with Crippen molar-refractivity contribution >= 4 is 56.8 Å². The first-order chi connectivity index (χ1) is 7.65. The van der Waals surface area contributed by atoms with Gasteiger partial charge in [-0.05, 0) is 54.1 Å². The van der Waals surface area contributed by atoms with E-state index >= 15 is 0 Å². The van der Waals surface area contributed by atoms with Crippen LogP contribution in [0.15, 0.2) is 23.2 Å². The molecule has 1 atom stereocenters. The van der Waals surface area contributed by atoms with Crippen molar-refractivity contribution < 1.29 is 0 Å². The van der Waals surface area contributed by atoms with Gasteiger partial charge in [0, 0.05) is 9.32 Å². The molecule has 1 aromatic rings. The molecule has 1 aliphatic heterocycles. The van der Waals surface area contributed by atoms with E-state index in [0.29, 0.717) is 6.04 Å². The molecule has 1 heterocycles. The number of hydrogen-bond acceptors (Lipinski definition) is 3. The highest BCUT2D eigenvalue weighted by Gasteiger charge is 2.12. The highest BCUT2D eigenvalue weighted by molar-refractivity contribution is 14.1. The number of hydrogen-bond donors (Lipinski definition) is 1. The predicted molar refractivity (Wildman–Crippen MR) is 81.8 cm³/mol. The van der Waals surface area contributed by atoms with Gasteiger partial charge in [-0.25, -0.2) is 0 Å². The molecule has 2 rings (SSSR count). The fourth-order valence-corrected chi connectivity index (χ4v) is 3.39. The normalized spacial score (nSPS) is 20.4. The Morgan fingerprint density at radius 2 is 2.38 bits per heavy atom. The summed E-state index contributed by atoms with van der Waals surface area (Å²) in [7, 11) is 0. The Morgan fingerprint density at radius 1 is 1.56 bits per heavy atom. The molecule has 16 heavy (non-hydrogen) atoms. The standard InChI is InChI=1S/C11H12ClIN2S/c1-7-4-5-16-11(14-7)15-10-3-2-8(13)6-9(10)12/h2-3,6-7H,4-5H2,1H3,(H,14,15). The van der Waals surface area contributed by atoms with Crippen molar-refractivity contribution in [1.29, 1.82) is 0 Å². The second-order valence-corrected chi connectivity index (χ2v) is 6.41. The Morgan fingerprint density at radius 3 is 3.06 bits per heavy atom. The lowest BCUT2D eigenvalue weighted by Crippen LogP contribution is -2.18. The first-order valence-corrected chi connectivity index (χ1v) is 7.52. The van der Waals surface area contributed by atoms with Gasteiger partial charge < -0.3 is 5.32 Å². The maximum absolute atomic E-state index is 6.15. The summed E-state index contributed by atoms with van der Waals surface area (Å²) >= 11 is 10.2. The number of amidine groups is 1. The van der Waals surface area contributed by atoms with Crippen molar-refractivity contribution in [2.24, 2.45) is 4.99 Å². The summed E-state index contributed by atoms with van der Waals surface area (Å²) in [6.45, 7) is 2.14. The monoisotopic (exact) mass is 366 g/mol. The van der Waals surface area contributed by atoms with Crippen LogP contribution < -0.4 is 5.32 Å². The number of halogens is 2. The van der Waals surface area contributed by atoms with Gasteiger partial charge in [-0.15, -0.1) is 0 Å². The molecule has 0 aliphatic carbocycles. The van der Waals surface area contributed by atoms with Gasteiger partial charge in [-0.3, -0.25) is 4.99 Å². The van der Waals surface area contributed by atoms with Crippen LogP contribution in [0.1, 0.15) is 13.3 Å². The molecule has 0 radical (unpaired) electrons. The van der Waals surface area contributed by atoms with Crippen LogP contribution in [0.4, 0.5) is 5.69 Å². The zero-order chi connectivity index (χ0) is 11.5. The molecule has 0 spiro atoms. The molecule has 2 nitrogen and oxygen atoms in total. The molecule has 0 aromatic heterocycles. The molecule has 0 saturated heterocycles. The highest BCUT2D eigenvalue weighted by atomic mass is 127. The lowest BCUT2D eigenvalue weighted by atomic mass is 10.3. The average molecular weight is 367 g/mol. The van der Waals surface area contributed by atoms with E-state index in [1.165, 1.54) is 0 Å². The van der Waals surface area contributed by atoms with Crippen LogP contribution in [0.5, 0.6) is 0 Å². The number of benzene rings is 1.